The highest BCUT2D eigenvalue weighted by Crippen LogP contribution is 2.40. The van der Waals surface area contributed by atoms with Gasteiger partial charge in [0.15, 0.2) is 17.2 Å². The van der Waals surface area contributed by atoms with Gasteiger partial charge in [0, 0.05) is 25.7 Å². The number of hydrogen-bond donors (Lipinski definition) is 1. The minimum Gasteiger partial charge on any atom is -0.454 e. The molecule has 1 aromatic rings. The first-order valence-electron chi connectivity index (χ1n) is 6.78. The largest absolute Gasteiger partial charge is 0.454 e. The first kappa shape index (κ1) is 13.4. The van der Waals surface area contributed by atoms with E-state index in [1.807, 2.05) is 6.07 Å². The van der Waals surface area contributed by atoms with E-state index in [-0.39, 0.29) is 12.7 Å². The summed E-state index contributed by atoms with van der Waals surface area (Å²) in [6.07, 6.45) is 7.47. The van der Waals surface area contributed by atoms with E-state index in [1.165, 1.54) is 0 Å². The number of nitrogens with zero attached hydrogens (tertiary/aromatic N) is 2. The van der Waals surface area contributed by atoms with Gasteiger partial charge in [-0.2, -0.15) is 10.2 Å². The van der Waals surface area contributed by atoms with Gasteiger partial charge in [-0.3, -0.25) is 4.79 Å². The first-order valence-corrected chi connectivity index (χ1v) is 6.78. The highest BCUT2D eigenvalue weighted by Gasteiger charge is 2.39. The van der Waals surface area contributed by atoms with E-state index in [4.69, 9.17) is 15.9 Å². The fourth-order valence-electron chi connectivity index (χ4n) is 2.22. The average molecular weight is 285 g/mol. The summed E-state index contributed by atoms with van der Waals surface area (Å²) in [5.41, 5.74) is 0.194. The quantitative estimate of drug-likeness (QED) is 0.817. The SMILES string of the molecule is C#CCCC1(CCC(=O)Nc2cccc3c2OCO3)N=N1. The number of carbonyl (C=O) groups excluding carboxylic acids is 1. The van der Waals surface area contributed by atoms with E-state index in [0.29, 0.717) is 42.9 Å². The van der Waals surface area contributed by atoms with Crippen molar-refractivity contribution in [1.82, 2.24) is 0 Å². The van der Waals surface area contributed by atoms with Crippen molar-refractivity contribution in [2.75, 3.05) is 12.1 Å². The Morgan fingerprint density at radius 3 is 3.00 bits per heavy atom. The summed E-state index contributed by atoms with van der Waals surface area (Å²) in [5.74, 6) is 3.69. The number of amides is 1. The molecule has 6 nitrogen and oxygen atoms in total. The number of anilines is 1. The van der Waals surface area contributed by atoms with Crippen LogP contribution in [-0.4, -0.2) is 18.4 Å². The molecule has 0 bridgehead atoms. The average Bonchev–Trinajstić information content (AvgIpc) is 3.09. The molecule has 0 atom stereocenters. The maximum atomic E-state index is 12.0. The second kappa shape index (κ2) is 5.44. The molecule has 0 aliphatic carbocycles. The Balaban J connectivity index is 1.54. The number of fused-ring (bicyclic) bond motifs is 1. The van der Waals surface area contributed by atoms with Crippen molar-refractivity contribution >= 4 is 11.6 Å². The van der Waals surface area contributed by atoms with Crippen molar-refractivity contribution in [3.63, 3.8) is 0 Å². The third kappa shape index (κ3) is 2.97. The van der Waals surface area contributed by atoms with Gasteiger partial charge in [-0.05, 0) is 12.1 Å². The molecule has 6 heteroatoms. The second-order valence-corrected chi connectivity index (χ2v) is 4.97. The number of ether oxygens (including phenoxy) is 2. The van der Waals surface area contributed by atoms with Gasteiger partial charge in [0.2, 0.25) is 12.7 Å². The van der Waals surface area contributed by atoms with Crippen LogP contribution in [0.4, 0.5) is 5.69 Å². The third-order valence-corrected chi connectivity index (χ3v) is 3.48. The topological polar surface area (TPSA) is 72.3 Å². The maximum absolute atomic E-state index is 12.0. The van der Waals surface area contributed by atoms with E-state index in [9.17, 15) is 4.79 Å². The Morgan fingerprint density at radius 2 is 2.24 bits per heavy atom. The molecule has 2 aliphatic heterocycles. The van der Waals surface area contributed by atoms with Crippen molar-refractivity contribution < 1.29 is 14.3 Å². The van der Waals surface area contributed by atoms with Crippen LogP contribution in [-0.2, 0) is 4.79 Å². The van der Waals surface area contributed by atoms with Crippen LogP contribution in [0.1, 0.15) is 25.7 Å². The number of para-hydroxylation sites is 1. The third-order valence-electron chi connectivity index (χ3n) is 3.48. The van der Waals surface area contributed by atoms with Gasteiger partial charge >= 0.3 is 0 Å². The molecule has 3 rings (SSSR count). The summed E-state index contributed by atoms with van der Waals surface area (Å²) < 4.78 is 10.6. The van der Waals surface area contributed by atoms with Crippen molar-refractivity contribution in [1.29, 1.82) is 0 Å². The summed E-state index contributed by atoms with van der Waals surface area (Å²) in [7, 11) is 0. The van der Waals surface area contributed by atoms with Gasteiger partial charge in [-0.25, -0.2) is 0 Å². The number of terminal acetylenes is 1. The molecule has 0 spiro atoms. The summed E-state index contributed by atoms with van der Waals surface area (Å²) in [6.45, 7) is 0.176. The number of hydrogen-bond acceptors (Lipinski definition) is 5. The van der Waals surface area contributed by atoms with Crippen LogP contribution in [0, 0.1) is 12.3 Å². The molecule has 1 amide bonds. The van der Waals surface area contributed by atoms with Crippen LogP contribution >= 0.6 is 0 Å². The summed E-state index contributed by atoms with van der Waals surface area (Å²) in [5, 5.41) is 10.9. The molecular formula is C15H15N3O3. The van der Waals surface area contributed by atoms with Crippen LogP contribution in [0.2, 0.25) is 0 Å². The van der Waals surface area contributed by atoms with E-state index in [2.05, 4.69) is 21.5 Å². The number of rotatable bonds is 6. The molecule has 2 aliphatic rings. The molecule has 0 saturated carbocycles. The smallest absolute Gasteiger partial charge is 0.231 e. The van der Waals surface area contributed by atoms with E-state index >= 15 is 0 Å². The van der Waals surface area contributed by atoms with Gasteiger partial charge < -0.3 is 14.8 Å². The molecule has 1 N–H and O–H groups in total. The van der Waals surface area contributed by atoms with Crippen molar-refractivity contribution in [3.05, 3.63) is 18.2 Å². The minimum absolute atomic E-state index is 0.101. The van der Waals surface area contributed by atoms with Gasteiger partial charge in [-0.15, -0.1) is 12.3 Å². The predicted octanol–water partition coefficient (Wildman–Crippen LogP) is 2.71. The zero-order chi connectivity index (χ0) is 14.7. The number of carbonyl (C=O) groups is 1. The summed E-state index contributed by atoms with van der Waals surface area (Å²) >= 11 is 0. The fraction of sp³-hybridized carbons (Fsp3) is 0.400. The molecule has 0 unspecified atom stereocenters. The number of benzene rings is 1. The van der Waals surface area contributed by atoms with Crippen LogP contribution in [0.5, 0.6) is 11.5 Å². The molecule has 1 aromatic carbocycles. The molecule has 0 aromatic heterocycles. The maximum Gasteiger partial charge on any atom is 0.231 e. The Hall–Kier alpha value is -2.55. The predicted molar refractivity (Wildman–Crippen MR) is 76.1 cm³/mol. The molecule has 0 fully saturated rings. The van der Waals surface area contributed by atoms with Gasteiger partial charge in [0.25, 0.3) is 0 Å². The van der Waals surface area contributed by atoms with Gasteiger partial charge in [0.05, 0.1) is 5.69 Å². The lowest BCUT2D eigenvalue weighted by Gasteiger charge is -2.10. The lowest BCUT2D eigenvalue weighted by molar-refractivity contribution is -0.116. The highest BCUT2D eigenvalue weighted by atomic mass is 16.7. The van der Waals surface area contributed by atoms with Crippen molar-refractivity contribution in [2.45, 2.75) is 31.3 Å². The zero-order valence-corrected chi connectivity index (χ0v) is 11.5. The standard InChI is InChI=1S/C15H15N3O3/c1-2-3-8-15(17-18-15)9-7-13(19)16-11-5-4-6-12-14(11)21-10-20-12/h1,4-6H,3,7-10H2,(H,16,19). The van der Waals surface area contributed by atoms with E-state index in [0.717, 1.165) is 0 Å². The summed E-state index contributed by atoms with van der Waals surface area (Å²) in [6, 6.07) is 5.39. The number of nitrogens with one attached hydrogen (secondary N) is 1. The lowest BCUT2D eigenvalue weighted by Crippen LogP contribution is -2.17. The zero-order valence-electron chi connectivity index (χ0n) is 11.5. The lowest BCUT2D eigenvalue weighted by atomic mass is 10.0. The van der Waals surface area contributed by atoms with Crippen LogP contribution in [0.25, 0.3) is 0 Å². The van der Waals surface area contributed by atoms with Crippen LogP contribution < -0.4 is 14.8 Å². The van der Waals surface area contributed by atoms with Crippen molar-refractivity contribution in [2.24, 2.45) is 10.2 Å². The minimum atomic E-state index is -0.429. The molecule has 21 heavy (non-hydrogen) atoms. The second-order valence-electron chi connectivity index (χ2n) is 4.97. The van der Waals surface area contributed by atoms with E-state index in [1.54, 1.807) is 12.1 Å². The Bertz CT molecular complexity index is 628. The normalized spacial score (nSPS) is 16.3. The van der Waals surface area contributed by atoms with E-state index < -0.39 is 5.66 Å². The molecular weight excluding hydrogens is 270 g/mol. The Morgan fingerprint density at radius 1 is 1.38 bits per heavy atom. The van der Waals surface area contributed by atoms with Gasteiger partial charge in [-0.1, -0.05) is 6.07 Å². The summed E-state index contributed by atoms with van der Waals surface area (Å²) in [4.78, 5) is 12.0. The molecule has 108 valence electrons. The Labute approximate surface area is 122 Å². The van der Waals surface area contributed by atoms with Crippen LogP contribution in [0.3, 0.4) is 0 Å². The monoisotopic (exact) mass is 285 g/mol. The molecule has 2 heterocycles. The van der Waals surface area contributed by atoms with Crippen molar-refractivity contribution in [3.8, 4) is 23.8 Å². The Kier molecular flexibility index (Phi) is 3.48. The fourth-order valence-corrected chi connectivity index (χ4v) is 2.22. The van der Waals surface area contributed by atoms with Crippen LogP contribution in [0.15, 0.2) is 28.4 Å². The first-order chi connectivity index (χ1) is 10.2. The highest BCUT2D eigenvalue weighted by molar-refractivity contribution is 5.93. The van der Waals surface area contributed by atoms with Gasteiger partial charge in [0.1, 0.15) is 0 Å². The molecule has 0 saturated heterocycles. The molecule has 0 radical (unpaired) electrons.